The highest BCUT2D eigenvalue weighted by Gasteiger charge is 2.40. The zero-order valence-corrected chi connectivity index (χ0v) is 16.5. The molecule has 1 atom stereocenters. The summed E-state index contributed by atoms with van der Waals surface area (Å²) in [6.07, 6.45) is 0.844. The molecule has 0 spiro atoms. The number of anilines is 1. The van der Waals surface area contributed by atoms with Gasteiger partial charge in [-0.05, 0) is 51.5 Å². The van der Waals surface area contributed by atoms with Gasteiger partial charge in [0, 0.05) is 37.9 Å². The molecular formula is C20H31N3O3. The molecule has 1 unspecified atom stereocenters. The molecule has 6 heteroatoms. The molecule has 1 aromatic rings. The fourth-order valence-electron chi connectivity index (χ4n) is 2.96. The van der Waals surface area contributed by atoms with Gasteiger partial charge in [-0.1, -0.05) is 6.92 Å². The average molecular weight is 361 g/mol. The minimum Gasteiger partial charge on any atom is -0.497 e. The molecule has 1 heterocycles. The molecule has 1 saturated heterocycles. The Labute approximate surface area is 156 Å². The normalized spacial score (nSPS) is 16.2. The number of nitrogens with zero attached hydrogens (tertiary/aromatic N) is 2. The summed E-state index contributed by atoms with van der Waals surface area (Å²) in [5.74, 6) is 0.527. The largest absolute Gasteiger partial charge is 0.497 e. The first kappa shape index (κ1) is 20.1. The Hall–Kier alpha value is -2.24. The molecule has 2 amide bonds. The van der Waals surface area contributed by atoms with E-state index in [1.807, 2.05) is 38.1 Å². The summed E-state index contributed by atoms with van der Waals surface area (Å²) in [4.78, 5) is 29.4. The Balaban J connectivity index is 1.95. The predicted octanol–water partition coefficient (Wildman–Crippen LogP) is 2.28. The van der Waals surface area contributed by atoms with E-state index in [9.17, 15) is 9.59 Å². The first-order chi connectivity index (χ1) is 12.3. The number of carbonyl (C=O) groups excluding carboxylic acids is 2. The van der Waals surface area contributed by atoms with Crippen LogP contribution in [0.1, 0.15) is 34.1 Å². The van der Waals surface area contributed by atoms with Gasteiger partial charge in [-0.3, -0.25) is 9.59 Å². The maximum Gasteiger partial charge on any atom is 0.237 e. The molecule has 0 saturated carbocycles. The lowest BCUT2D eigenvalue weighted by Crippen LogP contribution is -2.56. The molecule has 1 aliphatic heterocycles. The number of methoxy groups -OCH3 is 1. The van der Waals surface area contributed by atoms with Gasteiger partial charge < -0.3 is 19.9 Å². The lowest BCUT2D eigenvalue weighted by atomic mass is 9.89. The standard InChI is InChI=1S/C20H31N3O3/c1-6-15(2)21-18(24)20(3,4)19(25)23-13-11-22(12-14-23)16-7-9-17(26-5)10-8-16/h7-10,15H,6,11-14H2,1-5H3,(H,21,24). The Kier molecular flexibility index (Phi) is 6.51. The summed E-state index contributed by atoms with van der Waals surface area (Å²) in [6.45, 7) is 10.1. The second kappa shape index (κ2) is 8.43. The van der Waals surface area contributed by atoms with Crippen LogP contribution in [0.25, 0.3) is 0 Å². The van der Waals surface area contributed by atoms with Gasteiger partial charge in [-0.15, -0.1) is 0 Å². The van der Waals surface area contributed by atoms with Gasteiger partial charge >= 0.3 is 0 Å². The van der Waals surface area contributed by atoms with Gasteiger partial charge in [0.2, 0.25) is 11.8 Å². The van der Waals surface area contributed by atoms with E-state index < -0.39 is 5.41 Å². The SMILES string of the molecule is CCC(C)NC(=O)C(C)(C)C(=O)N1CCN(c2ccc(OC)cc2)CC1. The van der Waals surface area contributed by atoms with E-state index in [-0.39, 0.29) is 17.9 Å². The average Bonchev–Trinajstić information content (AvgIpc) is 2.67. The van der Waals surface area contributed by atoms with Gasteiger partial charge in [-0.25, -0.2) is 0 Å². The maximum atomic E-state index is 12.9. The van der Waals surface area contributed by atoms with Crippen LogP contribution in [-0.4, -0.2) is 56.0 Å². The van der Waals surface area contributed by atoms with Crippen LogP contribution in [0.4, 0.5) is 5.69 Å². The van der Waals surface area contributed by atoms with Gasteiger partial charge in [0.1, 0.15) is 11.2 Å². The molecule has 0 aromatic heterocycles. The Morgan fingerprint density at radius 3 is 2.23 bits per heavy atom. The number of nitrogens with one attached hydrogen (secondary N) is 1. The van der Waals surface area contributed by atoms with Crippen LogP contribution in [-0.2, 0) is 9.59 Å². The number of rotatable bonds is 6. The van der Waals surface area contributed by atoms with Crippen molar-refractivity contribution < 1.29 is 14.3 Å². The van der Waals surface area contributed by atoms with Crippen molar-refractivity contribution in [3.05, 3.63) is 24.3 Å². The first-order valence-electron chi connectivity index (χ1n) is 9.29. The summed E-state index contributed by atoms with van der Waals surface area (Å²) in [6, 6.07) is 8.01. The molecule has 0 aliphatic carbocycles. The Morgan fingerprint density at radius 2 is 1.73 bits per heavy atom. The highest BCUT2D eigenvalue weighted by atomic mass is 16.5. The van der Waals surface area contributed by atoms with Crippen molar-refractivity contribution in [3.63, 3.8) is 0 Å². The molecule has 1 fully saturated rings. The van der Waals surface area contributed by atoms with Crippen LogP contribution in [0.3, 0.4) is 0 Å². The number of benzene rings is 1. The third-order valence-corrected chi connectivity index (χ3v) is 5.10. The first-order valence-corrected chi connectivity index (χ1v) is 9.29. The molecule has 1 aromatic carbocycles. The maximum absolute atomic E-state index is 12.9. The quantitative estimate of drug-likeness (QED) is 0.790. The van der Waals surface area contributed by atoms with Gasteiger partial charge in [-0.2, -0.15) is 0 Å². The van der Waals surface area contributed by atoms with Crippen LogP contribution in [0.5, 0.6) is 5.75 Å². The van der Waals surface area contributed by atoms with E-state index in [2.05, 4.69) is 10.2 Å². The van der Waals surface area contributed by atoms with Gasteiger partial charge in [0.05, 0.1) is 7.11 Å². The van der Waals surface area contributed by atoms with Gasteiger partial charge in [0.15, 0.2) is 0 Å². The van der Waals surface area contributed by atoms with Gasteiger partial charge in [0.25, 0.3) is 0 Å². The van der Waals surface area contributed by atoms with Crippen LogP contribution in [0.2, 0.25) is 0 Å². The Bertz CT molecular complexity index is 620. The second-order valence-electron chi connectivity index (χ2n) is 7.39. The number of carbonyl (C=O) groups is 2. The van der Waals surface area contributed by atoms with E-state index in [4.69, 9.17) is 4.74 Å². The van der Waals surface area contributed by atoms with Crippen LogP contribution >= 0.6 is 0 Å². The molecular weight excluding hydrogens is 330 g/mol. The minimum absolute atomic E-state index is 0.0708. The molecule has 26 heavy (non-hydrogen) atoms. The molecule has 1 N–H and O–H groups in total. The topological polar surface area (TPSA) is 61.9 Å². The molecule has 144 valence electrons. The van der Waals surface area contributed by atoms with Crippen LogP contribution in [0, 0.1) is 5.41 Å². The highest BCUT2D eigenvalue weighted by molar-refractivity contribution is 6.04. The van der Waals surface area contributed by atoms with Crippen LogP contribution < -0.4 is 15.0 Å². The lowest BCUT2D eigenvalue weighted by molar-refractivity contribution is -0.149. The molecule has 0 bridgehead atoms. The summed E-state index contributed by atoms with van der Waals surface area (Å²) in [7, 11) is 1.65. The van der Waals surface area contributed by atoms with Crippen LogP contribution in [0.15, 0.2) is 24.3 Å². The smallest absolute Gasteiger partial charge is 0.237 e. The number of hydrogen-bond donors (Lipinski definition) is 1. The predicted molar refractivity (Wildman–Crippen MR) is 103 cm³/mol. The Morgan fingerprint density at radius 1 is 1.15 bits per heavy atom. The molecule has 2 rings (SSSR count). The van der Waals surface area contributed by atoms with Crippen molar-refractivity contribution in [1.82, 2.24) is 10.2 Å². The molecule has 1 aliphatic rings. The minimum atomic E-state index is -1.05. The van der Waals surface area contributed by atoms with Crippen molar-refractivity contribution >= 4 is 17.5 Å². The van der Waals surface area contributed by atoms with Crippen molar-refractivity contribution in [2.45, 2.75) is 40.2 Å². The summed E-state index contributed by atoms with van der Waals surface area (Å²) < 4.78 is 5.19. The van der Waals surface area contributed by atoms with Crippen molar-refractivity contribution in [3.8, 4) is 5.75 Å². The van der Waals surface area contributed by atoms with E-state index >= 15 is 0 Å². The summed E-state index contributed by atoms with van der Waals surface area (Å²) >= 11 is 0. The van der Waals surface area contributed by atoms with Crippen molar-refractivity contribution in [2.24, 2.45) is 5.41 Å². The summed E-state index contributed by atoms with van der Waals surface area (Å²) in [5, 5.41) is 2.93. The summed E-state index contributed by atoms with van der Waals surface area (Å²) in [5.41, 5.74) is 0.0674. The zero-order valence-electron chi connectivity index (χ0n) is 16.5. The molecule has 0 radical (unpaired) electrons. The zero-order chi connectivity index (χ0) is 19.3. The third-order valence-electron chi connectivity index (χ3n) is 5.10. The monoisotopic (exact) mass is 361 g/mol. The van der Waals surface area contributed by atoms with E-state index in [0.717, 1.165) is 30.9 Å². The fourth-order valence-corrected chi connectivity index (χ4v) is 2.96. The lowest BCUT2D eigenvalue weighted by Gasteiger charge is -2.39. The highest BCUT2D eigenvalue weighted by Crippen LogP contribution is 2.24. The van der Waals surface area contributed by atoms with E-state index in [0.29, 0.717) is 13.1 Å². The van der Waals surface area contributed by atoms with Crippen molar-refractivity contribution in [2.75, 3.05) is 38.2 Å². The van der Waals surface area contributed by atoms with Crippen molar-refractivity contribution in [1.29, 1.82) is 0 Å². The fraction of sp³-hybridized carbons (Fsp3) is 0.600. The number of ether oxygens (including phenoxy) is 1. The van der Waals surface area contributed by atoms with E-state index in [1.54, 1.807) is 25.9 Å². The third kappa shape index (κ3) is 4.48. The van der Waals surface area contributed by atoms with E-state index in [1.165, 1.54) is 0 Å². The number of amides is 2. The second-order valence-corrected chi connectivity index (χ2v) is 7.39. The number of piperazine rings is 1. The number of hydrogen-bond acceptors (Lipinski definition) is 4. The molecule has 6 nitrogen and oxygen atoms in total.